The van der Waals surface area contributed by atoms with Crippen LogP contribution in [0.3, 0.4) is 0 Å². The summed E-state index contributed by atoms with van der Waals surface area (Å²) >= 11 is 6.14. The smallest absolute Gasteiger partial charge is 0.220 e. The molecule has 0 aliphatic rings. The molecule has 0 aliphatic carbocycles. The molecule has 0 amide bonds. The molecule has 0 saturated carbocycles. The van der Waals surface area contributed by atoms with Gasteiger partial charge in [0.25, 0.3) is 0 Å². The van der Waals surface area contributed by atoms with Gasteiger partial charge in [-0.1, -0.05) is 17.8 Å². The summed E-state index contributed by atoms with van der Waals surface area (Å²) in [7, 11) is 0. The van der Waals surface area contributed by atoms with E-state index in [1.807, 2.05) is 6.26 Å². The van der Waals surface area contributed by atoms with E-state index in [2.05, 4.69) is 0 Å². The monoisotopic (exact) mass is 178 g/mol. The number of rotatable bonds is 3. The summed E-state index contributed by atoms with van der Waals surface area (Å²) < 4.78 is 5.52. The molecule has 0 aromatic rings. The Kier molecular flexibility index (Phi) is 7.01. The highest BCUT2D eigenvalue weighted by Gasteiger charge is 1.88. The summed E-state index contributed by atoms with van der Waals surface area (Å²) in [6.07, 6.45) is 5.20. The Balaban J connectivity index is 3.19. The SMILES string of the molecule is CSC(=S)OC/C=C\CO. The van der Waals surface area contributed by atoms with Crippen LogP contribution in [0.15, 0.2) is 12.2 Å². The standard InChI is InChI=1S/C6H10O2S2/c1-10-6(9)8-5-3-2-4-7/h2-3,7H,4-5H2,1H3/b3-2-. The first-order valence-electron chi connectivity index (χ1n) is 2.78. The van der Waals surface area contributed by atoms with Crippen LogP contribution in [0.4, 0.5) is 0 Å². The van der Waals surface area contributed by atoms with Gasteiger partial charge >= 0.3 is 0 Å². The van der Waals surface area contributed by atoms with E-state index in [0.29, 0.717) is 11.0 Å². The molecule has 0 bridgehead atoms. The van der Waals surface area contributed by atoms with Gasteiger partial charge in [0, 0.05) is 0 Å². The summed E-state index contributed by atoms with van der Waals surface area (Å²) in [5.41, 5.74) is 0. The topological polar surface area (TPSA) is 29.5 Å². The average Bonchev–Trinajstić information content (AvgIpc) is 1.98. The summed E-state index contributed by atoms with van der Waals surface area (Å²) in [6, 6.07) is 0. The summed E-state index contributed by atoms with van der Waals surface area (Å²) in [5, 5.41) is 8.31. The fourth-order valence-corrected chi connectivity index (χ4v) is 0.572. The summed E-state index contributed by atoms with van der Waals surface area (Å²) in [4.78, 5) is 0. The van der Waals surface area contributed by atoms with Crippen molar-refractivity contribution in [3.63, 3.8) is 0 Å². The molecule has 0 radical (unpaired) electrons. The lowest BCUT2D eigenvalue weighted by molar-refractivity contribution is 0.337. The van der Waals surface area contributed by atoms with E-state index in [1.54, 1.807) is 12.2 Å². The largest absolute Gasteiger partial charge is 0.474 e. The zero-order chi connectivity index (χ0) is 7.82. The van der Waals surface area contributed by atoms with Gasteiger partial charge in [0.15, 0.2) is 0 Å². The number of aliphatic hydroxyl groups is 1. The molecule has 0 aliphatic heterocycles. The molecule has 2 nitrogen and oxygen atoms in total. The van der Waals surface area contributed by atoms with Crippen LogP contribution in [0, 0.1) is 0 Å². The molecule has 58 valence electrons. The number of thioether (sulfide) groups is 1. The van der Waals surface area contributed by atoms with Gasteiger partial charge in [-0.15, -0.1) is 0 Å². The molecule has 0 aromatic heterocycles. The predicted octanol–water partition coefficient (Wildman–Crippen LogP) is 1.20. The first-order chi connectivity index (χ1) is 4.81. The molecule has 10 heavy (non-hydrogen) atoms. The van der Waals surface area contributed by atoms with Crippen LogP contribution in [0.1, 0.15) is 0 Å². The molecule has 0 unspecified atom stereocenters. The number of hydrogen-bond acceptors (Lipinski definition) is 4. The van der Waals surface area contributed by atoms with Crippen molar-refractivity contribution < 1.29 is 9.84 Å². The van der Waals surface area contributed by atoms with E-state index in [0.717, 1.165) is 0 Å². The first-order valence-corrected chi connectivity index (χ1v) is 4.41. The van der Waals surface area contributed by atoms with Gasteiger partial charge in [-0.2, -0.15) is 0 Å². The predicted molar refractivity (Wildman–Crippen MR) is 48.3 cm³/mol. The molecule has 0 atom stereocenters. The Morgan fingerprint density at radius 2 is 2.40 bits per heavy atom. The van der Waals surface area contributed by atoms with Crippen molar-refractivity contribution in [2.24, 2.45) is 0 Å². The molecule has 1 N–H and O–H groups in total. The number of thiocarbonyl (C=S) groups is 1. The van der Waals surface area contributed by atoms with Crippen LogP contribution in [0.2, 0.25) is 0 Å². The number of ether oxygens (including phenoxy) is 1. The number of aliphatic hydroxyl groups excluding tert-OH is 1. The zero-order valence-corrected chi connectivity index (χ0v) is 7.37. The highest BCUT2D eigenvalue weighted by atomic mass is 32.2. The maximum absolute atomic E-state index is 8.31. The van der Waals surface area contributed by atoms with E-state index in [9.17, 15) is 0 Å². The minimum absolute atomic E-state index is 0.0510. The lowest BCUT2D eigenvalue weighted by atomic mass is 10.5. The van der Waals surface area contributed by atoms with Crippen LogP contribution in [0.5, 0.6) is 0 Å². The van der Waals surface area contributed by atoms with Crippen molar-refractivity contribution in [2.45, 2.75) is 0 Å². The third kappa shape index (κ3) is 6.07. The van der Waals surface area contributed by atoms with Crippen molar-refractivity contribution in [1.82, 2.24) is 0 Å². The summed E-state index contributed by atoms with van der Waals surface area (Å²) in [6.45, 7) is 0.496. The van der Waals surface area contributed by atoms with Crippen LogP contribution >= 0.6 is 24.0 Å². The van der Waals surface area contributed by atoms with Crippen molar-refractivity contribution in [1.29, 1.82) is 0 Å². The third-order valence-electron chi connectivity index (χ3n) is 0.736. The molecule has 0 spiro atoms. The maximum atomic E-state index is 8.31. The Hall–Kier alpha value is -0.0600. The van der Waals surface area contributed by atoms with Gasteiger partial charge in [0.05, 0.1) is 6.61 Å². The van der Waals surface area contributed by atoms with Gasteiger partial charge in [0.1, 0.15) is 6.61 Å². The summed E-state index contributed by atoms with van der Waals surface area (Å²) in [5.74, 6) is 0. The van der Waals surface area contributed by atoms with Crippen LogP contribution in [-0.4, -0.2) is 29.0 Å². The third-order valence-corrected chi connectivity index (χ3v) is 1.81. The zero-order valence-electron chi connectivity index (χ0n) is 5.74. The Bertz CT molecular complexity index is 123. The van der Waals surface area contributed by atoms with E-state index in [4.69, 9.17) is 22.1 Å². The maximum Gasteiger partial charge on any atom is 0.220 e. The van der Waals surface area contributed by atoms with Crippen molar-refractivity contribution in [3.05, 3.63) is 12.2 Å². The molecule has 0 saturated heterocycles. The van der Waals surface area contributed by atoms with Crippen molar-refractivity contribution in [3.8, 4) is 0 Å². The molecule has 0 heterocycles. The molecular weight excluding hydrogens is 168 g/mol. The Labute approximate surface area is 70.3 Å². The lowest BCUT2D eigenvalue weighted by Gasteiger charge is -1.98. The van der Waals surface area contributed by atoms with E-state index >= 15 is 0 Å². The minimum atomic E-state index is 0.0510. The molecule has 0 aromatic carbocycles. The highest BCUT2D eigenvalue weighted by Crippen LogP contribution is 1.98. The molecule has 0 fully saturated rings. The second kappa shape index (κ2) is 7.05. The fraction of sp³-hybridized carbons (Fsp3) is 0.500. The van der Waals surface area contributed by atoms with Gasteiger partial charge in [-0.25, -0.2) is 0 Å². The van der Waals surface area contributed by atoms with Gasteiger partial charge < -0.3 is 9.84 Å². The van der Waals surface area contributed by atoms with E-state index < -0.39 is 0 Å². The molecular formula is C6H10O2S2. The van der Waals surface area contributed by atoms with Crippen LogP contribution < -0.4 is 0 Å². The Morgan fingerprint density at radius 3 is 2.90 bits per heavy atom. The van der Waals surface area contributed by atoms with Crippen molar-refractivity contribution in [2.75, 3.05) is 19.5 Å². The van der Waals surface area contributed by atoms with Gasteiger partial charge in [-0.3, -0.25) is 0 Å². The van der Waals surface area contributed by atoms with Gasteiger partial charge in [-0.05, 0) is 24.5 Å². The molecule has 4 heteroatoms. The van der Waals surface area contributed by atoms with E-state index in [-0.39, 0.29) is 6.61 Å². The normalized spacial score (nSPS) is 10.2. The van der Waals surface area contributed by atoms with Crippen molar-refractivity contribution >= 4 is 28.4 Å². The van der Waals surface area contributed by atoms with Crippen LogP contribution in [0.25, 0.3) is 0 Å². The second-order valence-electron chi connectivity index (χ2n) is 1.42. The molecule has 0 rings (SSSR count). The Morgan fingerprint density at radius 1 is 1.70 bits per heavy atom. The number of hydrogen-bond donors (Lipinski definition) is 1. The lowest BCUT2D eigenvalue weighted by Crippen LogP contribution is -1.95. The van der Waals surface area contributed by atoms with Crippen LogP contribution in [-0.2, 0) is 4.74 Å². The fourth-order valence-electron chi connectivity index (χ4n) is 0.318. The van der Waals surface area contributed by atoms with E-state index in [1.165, 1.54) is 11.8 Å². The quantitative estimate of drug-likeness (QED) is 0.519. The average molecular weight is 178 g/mol. The minimum Gasteiger partial charge on any atom is -0.474 e. The highest BCUT2D eigenvalue weighted by molar-refractivity contribution is 8.22. The second-order valence-corrected chi connectivity index (χ2v) is 2.83. The first kappa shape index (κ1) is 9.94. The van der Waals surface area contributed by atoms with Gasteiger partial charge in [0.2, 0.25) is 4.38 Å².